The van der Waals surface area contributed by atoms with Crippen molar-refractivity contribution in [3.05, 3.63) is 105 Å². The number of nitrogens with one attached hydrogen (secondary N) is 2. The Hall–Kier alpha value is -3.89. The number of rotatable bonds is 4. The minimum Gasteiger partial charge on any atom is -0.311 e. The molecule has 0 aliphatic carbocycles. The van der Waals surface area contributed by atoms with Crippen LogP contribution in [0.5, 0.6) is 0 Å². The van der Waals surface area contributed by atoms with Crippen LogP contribution in [0.15, 0.2) is 71.7 Å². The Morgan fingerprint density at radius 1 is 0.848 bits per heavy atom. The number of amidine groups is 1. The molecule has 33 heavy (non-hydrogen) atoms. The van der Waals surface area contributed by atoms with Gasteiger partial charge in [-0.05, 0) is 35.9 Å². The van der Waals surface area contributed by atoms with Crippen LogP contribution in [0.2, 0.25) is 0 Å². The van der Waals surface area contributed by atoms with Gasteiger partial charge in [-0.2, -0.15) is 26.3 Å². The second-order valence-corrected chi connectivity index (χ2v) is 6.99. The molecule has 0 aliphatic rings. The fourth-order valence-corrected chi connectivity index (χ4v) is 2.91. The van der Waals surface area contributed by atoms with E-state index in [2.05, 4.69) is 5.32 Å². The third kappa shape index (κ3) is 5.88. The zero-order chi connectivity index (χ0) is 24.4. The molecule has 0 saturated heterocycles. The largest absolute Gasteiger partial charge is 0.417 e. The summed E-state index contributed by atoms with van der Waals surface area (Å²) in [4.78, 5) is 24.4. The molecule has 3 rings (SSSR count). The van der Waals surface area contributed by atoms with Gasteiger partial charge in [-0.25, -0.2) is 0 Å². The van der Waals surface area contributed by atoms with Crippen LogP contribution < -0.4 is 10.9 Å². The Morgan fingerprint density at radius 2 is 1.45 bits per heavy atom. The zero-order valence-electron chi connectivity index (χ0n) is 16.6. The Balaban J connectivity index is 1.75. The first-order chi connectivity index (χ1) is 15.3. The number of carbonyl (C=O) groups is 1. The first kappa shape index (κ1) is 23.8. The van der Waals surface area contributed by atoms with E-state index in [1.807, 2.05) is 0 Å². The van der Waals surface area contributed by atoms with E-state index in [4.69, 9.17) is 5.41 Å². The molecule has 2 N–H and O–H groups in total. The maximum Gasteiger partial charge on any atom is 0.417 e. The third-order valence-corrected chi connectivity index (χ3v) is 4.59. The molecule has 172 valence electrons. The van der Waals surface area contributed by atoms with Crippen LogP contribution in [-0.4, -0.2) is 16.3 Å². The monoisotopic (exact) mass is 467 g/mol. The topological polar surface area (TPSA) is 75.0 Å². The summed E-state index contributed by atoms with van der Waals surface area (Å²) in [6, 6.07) is 10.8. The lowest BCUT2D eigenvalue weighted by molar-refractivity contribution is -0.138. The lowest BCUT2D eigenvalue weighted by Crippen LogP contribution is -2.30. The van der Waals surface area contributed by atoms with Crippen molar-refractivity contribution in [3.8, 4) is 0 Å². The van der Waals surface area contributed by atoms with Crippen LogP contribution in [0.3, 0.4) is 0 Å². The first-order valence-corrected chi connectivity index (χ1v) is 9.29. The van der Waals surface area contributed by atoms with Gasteiger partial charge in [0.05, 0.1) is 17.7 Å². The first-order valence-electron chi connectivity index (χ1n) is 9.29. The zero-order valence-corrected chi connectivity index (χ0v) is 16.6. The van der Waals surface area contributed by atoms with E-state index >= 15 is 0 Å². The molecule has 0 fully saturated rings. The van der Waals surface area contributed by atoms with Gasteiger partial charge < -0.3 is 9.88 Å². The number of halogens is 6. The lowest BCUT2D eigenvalue weighted by atomic mass is 10.1. The van der Waals surface area contributed by atoms with E-state index in [1.165, 1.54) is 24.3 Å². The molecule has 0 aliphatic heterocycles. The number of alkyl halides is 6. The quantitative estimate of drug-likeness (QED) is 0.332. The molecule has 0 radical (unpaired) electrons. The van der Waals surface area contributed by atoms with Crippen LogP contribution in [0.4, 0.5) is 26.3 Å². The predicted molar refractivity (Wildman–Crippen MR) is 107 cm³/mol. The molecule has 0 atom stereocenters. The maximum atomic E-state index is 12.9. The third-order valence-electron chi connectivity index (χ3n) is 4.59. The smallest absolute Gasteiger partial charge is 0.311 e. The lowest BCUT2D eigenvalue weighted by Gasteiger charge is -2.12. The standard InChI is InChI=1S/C22H15F6N3O2/c23-21(24,25)16-6-4-14(5-7-16)19(29)30-20(33)15-3-1-2-13(10-15)11-31-12-17(22(26,27)28)8-9-18(31)32/h1-10,12H,11H2,(H2,29,30,33). The molecule has 3 aromatic rings. The Kier molecular flexibility index (Phi) is 6.43. The van der Waals surface area contributed by atoms with E-state index < -0.39 is 40.8 Å². The predicted octanol–water partition coefficient (Wildman–Crippen LogP) is 4.69. The molecule has 5 nitrogen and oxygen atoms in total. The average Bonchev–Trinajstić information content (AvgIpc) is 2.74. The Bertz CT molecular complexity index is 1240. The van der Waals surface area contributed by atoms with Crippen molar-refractivity contribution in [2.75, 3.05) is 0 Å². The van der Waals surface area contributed by atoms with E-state index in [-0.39, 0.29) is 17.7 Å². The second-order valence-electron chi connectivity index (χ2n) is 6.99. The van der Waals surface area contributed by atoms with Gasteiger partial charge in [0, 0.05) is 23.4 Å². The number of benzene rings is 2. The highest BCUT2D eigenvalue weighted by Crippen LogP contribution is 2.29. The number of pyridine rings is 1. The van der Waals surface area contributed by atoms with Crippen LogP contribution in [-0.2, 0) is 18.9 Å². The minimum absolute atomic E-state index is 0.0445. The fourth-order valence-electron chi connectivity index (χ4n) is 2.91. The minimum atomic E-state index is -4.63. The van der Waals surface area contributed by atoms with Crippen molar-refractivity contribution < 1.29 is 31.1 Å². The molecule has 1 amide bonds. The normalized spacial score (nSPS) is 11.8. The molecule has 2 aromatic carbocycles. The van der Waals surface area contributed by atoms with E-state index in [0.717, 1.165) is 34.9 Å². The molecular formula is C22H15F6N3O2. The number of hydrogen-bond acceptors (Lipinski definition) is 3. The SMILES string of the molecule is N=C(NC(=O)c1cccc(Cn2cc(C(F)(F)F)ccc2=O)c1)c1ccc(C(F)(F)F)cc1. The number of nitrogens with zero attached hydrogens (tertiary/aromatic N) is 1. The highest BCUT2D eigenvalue weighted by molar-refractivity contribution is 6.11. The van der Waals surface area contributed by atoms with Gasteiger partial charge >= 0.3 is 12.4 Å². The van der Waals surface area contributed by atoms with Crippen molar-refractivity contribution in [1.29, 1.82) is 5.41 Å². The van der Waals surface area contributed by atoms with Crippen molar-refractivity contribution in [2.24, 2.45) is 0 Å². The molecule has 0 spiro atoms. The second kappa shape index (κ2) is 8.93. The summed E-state index contributed by atoms with van der Waals surface area (Å²) in [5.74, 6) is -1.19. The van der Waals surface area contributed by atoms with Gasteiger partial charge in [-0.3, -0.25) is 15.0 Å². The van der Waals surface area contributed by atoms with E-state index in [1.54, 1.807) is 0 Å². The van der Waals surface area contributed by atoms with Gasteiger partial charge in [0.15, 0.2) is 0 Å². The van der Waals surface area contributed by atoms with Crippen molar-refractivity contribution in [3.63, 3.8) is 0 Å². The number of aromatic nitrogens is 1. The summed E-state index contributed by atoms with van der Waals surface area (Å²) in [5.41, 5.74) is -2.12. The molecule has 0 bridgehead atoms. The van der Waals surface area contributed by atoms with Gasteiger partial charge in [0.1, 0.15) is 5.84 Å². The average molecular weight is 467 g/mol. The maximum absolute atomic E-state index is 12.9. The van der Waals surface area contributed by atoms with Crippen LogP contribution in [0, 0.1) is 5.41 Å². The Morgan fingerprint density at radius 3 is 2.06 bits per heavy atom. The van der Waals surface area contributed by atoms with Crippen molar-refractivity contribution in [2.45, 2.75) is 18.9 Å². The number of carbonyl (C=O) groups excluding carboxylic acids is 1. The Labute approximate surface area is 182 Å². The van der Waals surface area contributed by atoms with Crippen LogP contribution in [0.25, 0.3) is 0 Å². The van der Waals surface area contributed by atoms with E-state index in [9.17, 15) is 35.9 Å². The molecule has 1 heterocycles. The van der Waals surface area contributed by atoms with Crippen LogP contribution in [0.1, 0.15) is 32.6 Å². The summed E-state index contributed by atoms with van der Waals surface area (Å²) in [7, 11) is 0. The molecule has 0 saturated carbocycles. The van der Waals surface area contributed by atoms with E-state index in [0.29, 0.717) is 17.8 Å². The van der Waals surface area contributed by atoms with Crippen molar-refractivity contribution >= 4 is 11.7 Å². The number of hydrogen-bond donors (Lipinski definition) is 2. The van der Waals surface area contributed by atoms with Crippen LogP contribution >= 0.6 is 0 Å². The number of amides is 1. The van der Waals surface area contributed by atoms with Gasteiger partial charge in [-0.15, -0.1) is 0 Å². The summed E-state index contributed by atoms with van der Waals surface area (Å²) >= 11 is 0. The molecule has 11 heteroatoms. The summed E-state index contributed by atoms with van der Waals surface area (Å²) < 4.78 is 77.5. The summed E-state index contributed by atoms with van der Waals surface area (Å²) in [5, 5.41) is 10.2. The van der Waals surface area contributed by atoms with Gasteiger partial charge in [0.25, 0.3) is 11.5 Å². The van der Waals surface area contributed by atoms with Crippen molar-refractivity contribution in [1.82, 2.24) is 9.88 Å². The van der Waals surface area contributed by atoms with Gasteiger partial charge in [0.2, 0.25) is 0 Å². The fraction of sp³-hybridized carbons (Fsp3) is 0.136. The summed E-state index contributed by atoms with van der Waals surface area (Å²) in [6.07, 6.45) is -8.49. The summed E-state index contributed by atoms with van der Waals surface area (Å²) in [6.45, 7) is -0.236. The molecular weight excluding hydrogens is 452 g/mol. The highest BCUT2D eigenvalue weighted by atomic mass is 19.4. The molecule has 1 aromatic heterocycles. The highest BCUT2D eigenvalue weighted by Gasteiger charge is 2.31. The van der Waals surface area contributed by atoms with Gasteiger partial charge in [-0.1, -0.05) is 24.3 Å². The molecule has 0 unspecified atom stereocenters.